The molecule has 4 aromatic carbocycles. The highest BCUT2D eigenvalue weighted by atomic mass is 35.5. The number of aromatic hydroxyl groups is 1. The number of hydrogen-bond acceptors (Lipinski definition) is 5. The summed E-state index contributed by atoms with van der Waals surface area (Å²) in [5.41, 5.74) is 5.64. The molecule has 0 saturated carbocycles. The number of phenolic OH excluding ortho intramolecular Hbond substituents is 1. The van der Waals surface area contributed by atoms with E-state index in [1.54, 1.807) is 7.11 Å². The second-order valence-corrected chi connectivity index (χ2v) is 9.61. The molecule has 0 bridgehead atoms. The van der Waals surface area contributed by atoms with Crippen LogP contribution < -0.4 is 4.74 Å². The average molecular weight is 511 g/mol. The molecule has 5 aromatic rings. The third-order valence-corrected chi connectivity index (χ3v) is 7.02. The number of benzene rings is 4. The number of hydrogen-bond donors (Lipinski definition) is 3. The molecule has 1 heterocycles. The molecule has 0 saturated heterocycles. The molecule has 35 heavy (non-hydrogen) atoms. The SMILES string of the molecule is COc1c(-c2ccc(C)c(C)c2)cccc1-c1nc2c(cc(S(=O)(=O)O)c3cccc(O)c32)[nH]1.Cl. The summed E-state index contributed by atoms with van der Waals surface area (Å²) in [4.78, 5) is 7.53. The maximum atomic E-state index is 12.1. The summed E-state index contributed by atoms with van der Waals surface area (Å²) in [5, 5.41) is 10.9. The minimum atomic E-state index is -4.54. The largest absolute Gasteiger partial charge is 0.507 e. The van der Waals surface area contributed by atoms with Crippen LogP contribution in [0.15, 0.2) is 65.6 Å². The summed E-state index contributed by atoms with van der Waals surface area (Å²) in [6.45, 7) is 4.11. The number of nitrogens with one attached hydrogen (secondary N) is 1. The molecule has 0 amide bonds. The first-order chi connectivity index (χ1) is 16.2. The van der Waals surface area contributed by atoms with Crippen molar-refractivity contribution in [2.24, 2.45) is 0 Å². The molecule has 0 aliphatic rings. The van der Waals surface area contributed by atoms with Gasteiger partial charge in [-0.3, -0.25) is 4.55 Å². The van der Waals surface area contributed by atoms with Crippen LogP contribution in [0.25, 0.3) is 44.3 Å². The van der Waals surface area contributed by atoms with Crippen LogP contribution in [0, 0.1) is 13.8 Å². The third kappa shape index (κ3) is 4.10. The van der Waals surface area contributed by atoms with E-state index in [-0.39, 0.29) is 33.8 Å². The fourth-order valence-electron chi connectivity index (χ4n) is 4.31. The number of para-hydroxylation sites is 1. The molecule has 7 nitrogen and oxygen atoms in total. The van der Waals surface area contributed by atoms with Crippen LogP contribution in [0.2, 0.25) is 0 Å². The lowest BCUT2D eigenvalue weighted by atomic mass is 9.97. The van der Waals surface area contributed by atoms with E-state index in [2.05, 4.69) is 31.0 Å². The van der Waals surface area contributed by atoms with Crippen molar-refractivity contribution in [3.05, 3.63) is 71.8 Å². The number of fused-ring (bicyclic) bond motifs is 3. The number of H-pyrrole nitrogens is 1. The Morgan fingerprint density at radius 2 is 1.66 bits per heavy atom. The quantitative estimate of drug-likeness (QED) is 0.254. The Morgan fingerprint density at radius 3 is 2.34 bits per heavy atom. The summed E-state index contributed by atoms with van der Waals surface area (Å²) in [5.74, 6) is 0.907. The Kier molecular flexibility index (Phi) is 6.23. The van der Waals surface area contributed by atoms with Crippen LogP contribution in [0.3, 0.4) is 0 Å². The lowest BCUT2D eigenvalue weighted by molar-refractivity contribution is 0.418. The van der Waals surface area contributed by atoms with Gasteiger partial charge in [0, 0.05) is 10.9 Å². The number of halogens is 1. The molecular weight excluding hydrogens is 488 g/mol. The minimum Gasteiger partial charge on any atom is -0.507 e. The number of aromatic amines is 1. The third-order valence-electron chi connectivity index (χ3n) is 6.12. The number of aryl methyl sites for hydroxylation is 2. The molecule has 0 atom stereocenters. The summed E-state index contributed by atoms with van der Waals surface area (Å²) < 4.78 is 39.7. The van der Waals surface area contributed by atoms with E-state index in [9.17, 15) is 18.1 Å². The highest BCUT2D eigenvalue weighted by molar-refractivity contribution is 7.86. The Morgan fingerprint density at radius 1 is 0.943 bits per heavy atom. The zero-order valence-electron chi connectivity index (χ0n) is 19.2. The molecule has 0 fully saturated rings. The summed E-state index contributed by atoms with van der Waals surface area (Å²) in [7, 11) is -2.95. The predicted molar refractivity (Wildman–Crippen MR) is 139 cm³/mol. The van der Waals surface area contributed by atoms with Gasteiger partial charge in [-0.1, -0.05) is 42.5 Å². The number of aromatic nitrogens is 2. The van der Waals surface area contributed by atoms with Crippen molar-refractivity contribution in [3.63, 3.8) is 0 Å². The number of ether oxygens (including phenoxy) is 1. The van der Waals surface area contributed by atoms with Crippen molar-refractivity contribution in [2.75, 3.05) is 7.11 Å². The molecule has 0 spiro atoms. The molecule has 0 aliphatic heterocycles. The fraction of sp³-hybridized carbons (Fsp3) is 0.115. The van der Waals surface area contributed by atoms with Crippen molar-refractivity contribution in [2.45, 2.75) is 18.7 Å². The maximum absolute atomic E-state index is 12.1. The fourth-order valence-corrected chi connectivity index (χ4v) is 5.02. The smallest absolute Gasteiger partial charge is 0.295 e. The molecule has 5 rings (SSSR count). The zero-order chi connectivity index (χ0) is 24.2. The molecule has 1 aromatic heterocycles. The number of methoxy groups -OCH3 is 1. The first kappa shape index (κ1) is 24.5. The highest BCUT2D eigenvalue weighted by Crippen LogP contribution is 2.41. The average Bonchev–Trinajstić information content (AvgIpc) is 3.23. The van der Waals surface area contributed by atoms with E-state index in [0.29, 0.717) is 28.2 Å². The Hall–Kier alpha value is -3.59. The molecule has 0 aliphatic carbocycles. The second kappa shape index (κ2) is 8.88. The molecular formula is C26H23ClN2O5S. The number of phenols is 1. The Labute approximate surface area is 208 Å². The summed E-state index contributed by atoms with van der Waals surface area (Å²) in [6.07, 6.45) is 0. The van der Waals surface area contributed by atoms with Crippen LogP contribution >= 0.6 is 12.4 Å². The predicted octanol–water partition coefficient (Wildman–Crippen LogP) is 6.05. The maximum Gasteiger partial charge on any atom is 0.295 e. The highest BCUT2D eigenvalue weighted by Gasteiger charge is 2.22. The minimum absolute atomic E-state index is 0. The van der Waals surface area contributed by atoms with E-state index in [1.165, 1.54) is 29.8 Å². The normalized spacial score (nSPS) is 11.5. The van der Waals surface area contributed by atoms with Gasteiger partial charge in [0.2, 0.25) is 0 Å². The van der Waals surface area contributed by atoms with Gasteiger partial charge in [0.05, 0.1) is 23.6 Å². The van der Waals surface area contributed by atoms with Gasteiger partial charge in [-0.25, -0.2) is 4.98 Å². The lowest BCUT2D eigenvalue weighted by Gasteiger charge is -2.13. The number of rotatable bonds is 4. The van der Waals surface area contributed by atoms with Gasteiger partial charge < -0.3 is 14.8 Å². The van der Waals surface area contributed by atoms with E-state index >= 15 is 0 Å². The monoisotopic (exact) mass is 510 g/mol. The van der Waals surface area contributed by atoms with Crippen LogP contribution in [0.1, 0.15) is 11.1 Å². The van der Waals surface area contributed by atoms with Gasteiger partial charge in [0.15, 0.2) is 0 Å². The Bertz CT molecular complexity index is 1710. The van der Waals surface area contributed by atoms with Crippen LogP contribution in [0.4, 0.5) is 0 Å². The van der Waals surface area contributed by atoms with E-state index in [1.807, 2.05) is 24.3 Å². The molecule has 0 radical (unpaired) electrons. The summed E-state index contributed by atoms with van der Waals surface area (Å²) >= 11 is 0. The van der Waals surface area contributed by atoms with Crippen LogP contribution in [-0.2, 0) is 10.1 Å². The number of imidazole rings is 1. The van der Waals surface area contributed by atoms with Gasteiger partial charge in [-0.05, 0) is 48.7 Å². The van der Waals surface area contributed by atoms with Gasteiger partial charge in [-0.2, -0.15) is 8.42 Å². The van der Waals surface area contributed by atoms with Gasteiger partial charge in [-0.15, -0.1) is 12.4 Å². The number of nitrogens with zero attached hydrogens (tertiary/aromatic N) is 1. The first-order valence-electron chi connectivity index (χ1n) is 10.6. The van der Waals surface area contributed by atoms with Crippen molar-refractivity contribution in [1.29, 1.82) is 0 Å². The van der Waals surface area contributed by atoms with Gasteiger partial charge in [0.25, 0.3) is 10.1 Å². The molecule has 180 valence electrons. The Balaban J connectivity index is 0.00000289. The van der Waals surface area contributed by atoms with Crippen molar-refractivity contribution in [3.8, 4) is 34.0 Å². The zero-order valence-corrected chi connectivity index (χ0v) is 20.8. The molecule has 3 N–H and O–H groups in total. The topological polar surface area (TPSA) is 113 Å². The van der Waals surface area contributed by atoms with E-state index < -0.39 is 10.1 Å². The molecule has 0 unspecified atom stereocenters. The second-order valence-electron chi connectivity index (χ2n) is 8.22. The van der Waals surface area contributed by atoms with Crippen molar-refractivity contribution >= 4 is 44.3 Å². The molecule has 9 heteroatoms. The van der Waals surface area contributed by atoms with Gasteiger partial charge in [0.1, 0.15) is 27.7 Å². The van der Waals surface area contributed by atoms with Gasteiger partial charge >= 0.3 is 0 Å². The van der Waals surface area contributed by atoms with Crippen molar-refractivity contribution < 1.29 is 22.8 Å². The van der Waals surface area contributed by atoms with Crippen LogP contribution in [0.5, 0.6) is 11.5 Å². The first-order valence-corrected chi connectivity index (χ1v) is 12.0. The van der Waals surface area contributed by atoms with Crippen LogP contribution in [-0.4, -0.2) is 35.2 Å². The summed E-state index contributed by atoms with van der Waals surface area (Å²) in [6, 6.07) is 17.7. The van der Waals surface area contributed by atoms with E-state index in [4.69, 9.17) is 9.72 Å². The standard InChI is InChI=1S/C26H22N2O5S.ClH/c1-14-10-11-16(12-15(14)2)17-6-4-8-19(25(17)33-3)26-27-20-13-22(34(30,31)32)18-7-5-9-21(29)23(18)24(20)28-26;/h4-13,29H,1-3H3,(H,27,28)(H,30,31,32);1H. The lowest BCUT2D eigenvalue weighted by Crippen LogP contribution is -1.99. The van der Waals surface area contributed by atoms with E-state index in [0.717, 1.165) is 16.7 Å². The van der Waals surface area contributed by atoms with Crippen molar-refractivity contribution in [1.82, 2.24) is 9.97 Å².